The van der Waals surface area contributed by atoms with Crippen LogP contribution in [0.5, 0.6) is 0 Å². The summed E-state index contributed by atoms with van der Waals surface area (Å²) in [6, 6.07) is 9.59. The van der Waals surface area contributed by atoms with E-state index in [-0.39, 0.29) is 5.78 Å². The molecule has 0 spiro atoms. The third-order valence-corrected chi connectivity index (χ3v) is 3.20. The van der Waals surface area contributed by atoms with Crippen LogP contribution in [0.4, 0.5) is 0 Å². The number of ketones is 1. The molecule has 0 aliphatic carbocycles. The van der Waals surface area contributed by atoms with Crippen LogP contribution in [-0.2, 0) is 0 Å². The van der Waals surface area contributed by atoms with Gasteiger partial charge in [0.1, 0.15) is 0 Å². The number of piperidine rings is 1. The molecule has 1 aliphatic heterocycles. The molecule has 1 fully saturated rings. The summed E-state index contributed by atoms with van der Waals surface area (Å²) >= 11 is 0. The van der Waals surface area contributed by atoms with Gasteiger partial charge in [0, 0.05) is 12.1 Å². The summed E-state index contributed by atoms with van der Waals surface area (Å²) in [4.78, 5) is 14.3. The van der Waals surface area contributed by atoms with Crippen molar-refractivity contribution in [3.8, 4) is 0 Å². The van der Waals surface area contributed by atoms with Crippen molar-refractivity contribution in [1.29, 1.82) is 0 Å². The number of hydrogen-bond donors (Lipinski definition) is 0. The largest absolute Gasteiger partial charge is 0.296 e. The first kappa shape index (κ1) is 11.3. The van der Waals surface area contributed by atoms with E-state index in [1.165, 1.54) is 12.8 Å². The molecule has 1 aromatic rings. The average molecular weight is 217 g/mol. The second-order valence-electron chi connectivity index (χ2n) is 4.77. The number of carbonyl (C=O) groups excluding carboxylic acids is 1. The summed E-state index contributed by atoms with van der Waals surface area (Å²) in [6.45, 7) is 4.98. The van der Waals surface area contributed by atoms with Gasteiger partial charge in [-0.15, -0.1) is 0 Å². The number of benzene rings is 1. The van der Waals surface area contributed by atoms with E-state index >= 15 is 0 Å². The summed E-state index contributed by atoms with van der Waals surface area (Å²) in [7, 11) is 0. The molecule has 2 rings (SSSR count). The lowest BCUT2D eigenvalue weighted by Gasteiger charge is -2.30. The van der Waals surface area contributed by atoms with Gasteiger partial charge in [0.15, 0.2) is 5.78 Å². The molecule has 0 amide bonds. The van der Waals surface area contributed by atoms with Crippen molar-refractivity contribution in [2.45, 2.75) is 19.8 Å². The first-order valence-electron chi connectivity index (χ1n) is 6.06. The molecule has 1 heterocycles. The number of Topliss-reactive ketones (excluding diaryl/α,β-unsaturated/α-hetero) is 1. The predicted octanol–water partition coefficient (Wildman–Crippen LogP) is 2.60. The fourth-order valence-electron chi connectivity index (χ4n) is 2.35. The number of carbonyl (C=O) groups is 1. The second kappa shape index (κ2) is 5.26. The molecule has 2 nitrogen and oxygen atoms in total. The fraction of sp³-hybridized carbons (Fsp3) is 0.500. The predicted molar refractivity (Wildman–Crippen MR) is 65.6 cm³/mol. The Hall–Kier alpha value is -1.15. The maximum Gasteiger partial charge on any atom is 0.176 e. The topological polar surface area (TPSA) is 20.3 Å². The summed E-state index contributed by atoms with van der Waals surface area (Å²) < 4.78 is 0. The van der Waals surface area contributed by atoms with Gasteiger partial charge in [0.2, 0.25) is 0 Å². The van der Waals surface area contributed by atoms with Crippen LogP contribution in [-0.4, -0.2) is 30.3 Å². The lowest BCUT2D eigenvalue weighted by molar-refractivity contribution is 0.0893. The van der Waals surface area contributed by atoms with E-state index in [9.17, 15) is 4.79 Å². The van der Waals surface area contributed by atoms with Crippen LogP contribution in [0.3, 0.4) is 0 Å². The highest BCUT2D eigenvalue weighted by molar-refractivity contribution is 5.97. The fourth-order valence-corrected chi connectivity index (χ4v) is 2.35. The molecule has 0 radical (unpaired) electrons. The number of likely N-dealkylation sites (tertiary alicyclic amines) is 1. The normalized spacial score (nSPS) is 21.9. The van der Waals surface area contributed by atoms with Gasteiger partial charge in [-0.2, -0.15) is 0 Å². The quantitative estimate of drug-likeness (QED) is 0.725. The van der Waals surface area contributed by atoms with Crippen molar-refractivity contribution in [3.63, 3.8) is 0 Å². The van der Waals surface area contributed by atoms with Gasteiger partial charge in [-0.25, -0.2) is 0 Å². The zero-order valence-corrected chi connectivity index (χ0v) is 9.86. The van der Waals surface area contributed by atoms with Gasteiger partial charge in [0.25, 0.3) is 0 Å². The summed E-state index contributed by atoms with van der Waals surface area (Å²) in [5.41, 5.74) is 0.834. The van der Waals surface area contributed by atoms with Crippen LogP contribution in [0.2, 0.25) is 0 Å². The monoisotopic (exact) mass is 217 g/mol. The molecule has 1 aliphatic rings. The Morgan fingerprint density at radius 3 is 2.81 bits per heavy atom. The van der Waals surface area contributed by atoms with Crippen molar-refractivity contribution in [2.24, 2.45) is 5.92 Å². The van der Waals surface area contributed by atoms with Gasteiger partial charge in [-0.3, -0.25) is 9.69 Å². The molecule has 2 heteroatoms. The summed E-state index contributed by atoms with van der Waals surface area (Å²) in [5.74, 6) is 0.979. The van der Waals surface area contributed by atoms with Gasteiger partial charge >= 0.3 is 0 Å². The van der Waals surface area contributed by atoms with Gasteiger partial charge in [-0.05, 0) is 25.3 Å². The van der Waals surface area contributed by atoms with E-state index in [0.29, 0.717) is 6.54 Å². The van der Waals surface area contributed by atoms with Crippen LogP contribution in [0.25, 0.3) is 0 Å². The maximum atomic E-state index is 12.0. The zero-order valence-electron chi connectivity index (χ0n) is 9.86. The Balaban J connectivity index is 1.92. The SMILES string of the molecule is C[C@@H]1CCCN(CC(=O)c2ccccc2)C1. The van der Waals surface area contributed by atoms with Gasteiger partial charge < -0.3 is 0 Å². The Labute approximate surface area is 97.3 Å². The minimum atomic E-state index is 0.245. The zero-order chi connectivity index (χ0) is 11.4. The van der Waals surface area contributed by atoms with Crippen LogP contribution in [0.15, 0.2) is 30.3 Å². The van der Waals surface area contributed by atoms with E-state index < -0.39 is 0 Å². The molecule has 0 bridgehead atoms. The highest BCUT2D eigenvalue weighted by atomic mass is 16.1. The number of hydrogen-bond acceptors (Lipinski definition) is 2. The van der Waals surface area contributed by atoms with Gasteiger partial charge in [-0.1, -0.05) is 37.3 Å². The third-order valence-electron chi connectivity index (χ3n) is 3.20. The molecular formula is C14H19NO. The molecule has 86 valence electrons. The Morgan fingerprint density at radius 2 is 2.12 bits per heavy atom. The molecule has 1 atom stereocenters. The van der Waals surface area contributed by atoms with Crippen molar-refractivity contribution in [2.75, 3.05) is 19.6 Å². The first-order valence-corrected chi connectivity index (χ1v) is 6.06. The van der Waals surface area contributed by atoms with E-state index in [4.69, 9.17) is 0 Å². The molecule has 0 N–H and O–H groups in total. The van der Waals surface area contributed by atoms with Crippen LogP contribution in [0, 0.1) is 5.92 Å². The Morgan fingerprint density at radius 1 is 1.38 bits per heavy atom. The third kappa shape index (κ3) is 2.92. The average Bonchev–Trinajstić information content (AvgIpc) is 2.30. The lowest BCUT2D eigenvalue weighted by Crippen LogP contribution is -2.37. The minimum absolute atomic E-state index is 0.245. The van der Waals surface area contributed by atoms with Crippen LogP contribution >= 0.6 is 0 Å². The maximum absolute atomic E-state index is 12.0. The van der Waals surface area contributed by atoms with Crippen molar-refractivity contribution < 1.29 is 4.79 Å². The summed E-state index contributed by atoms with van der Waals surface area (Å²) in [6.07, 6.45) is 2.53. The lowest BCUT2D eigenvalue weighted by atomic mass is 9.99. The second-order valence-corrected chi connectivity index (χ2v) is 4.77. The molecule has 1 saturated heterocycles. The summed E-state index contributed by atoms with van der Waals surface area (Å²) in [5, 5.41) is 0. The molecule has 1 aromatic carbocycles. The molecule has 16 heavy (non-hydrogen) atoms. The smallest absolute Gasteiger partial charge is 0.176 e. The number of nitrogens with zero attached hydrogens (tertiary/aromatic N) is 1. The highest BCUT2D eigenvalue weighted by Gasteiger charge is 2.18. The first-order chi connectivity index (χ1) is 7.75. The Kier molecular flexibility index (Phi) is 3.73. The van der Waals surface area contributed by atoms with Crippen LogP contribution in [0.1, 0.15) is 30.1 Å². The van der Waals surface area contributed by atoms with Crippen molar-refractivity contribution >= 4 is 5.78 Å². The molecule has 0 aromatic heterocycles. The van der Waals surface area contributed by atoms with E-state index in [1.54, 1.807) is 0 Å². The van der Waals surface area contributed by atoms with E-state index in [1.807, 2.05) is 30.3 Å². The number of rotatable bonds is 3. The molecular weight excluding hydrogens is 198 g/mol. The molecule has 0 saturated carbocycles. The van der Waals surface area contributed by atoms with Gasteiger partial charge in [0.05, 0.1) is 6.54 Å². The highest BCUT2D eigenvalue weighted by Crippen LogP contribution is 2.15. The van der Waals surface area contributed by atoms with E-state index in [0.717, 1.165) is 24.6 Å². The van der Waals surface area contributed by atoms with Crippen LogP contribution < -0.4 is 0 Å². The minimum Gasteiger partial charge on any atom is -0.296 e. The van der Waals surface area contributed by atoms with Crippen molar-refractivity contribution in [3.05, 3.63) is 35.9 Å². The van der Waals surface area contributed by atoms with E-state index in [2.05, 4.69) is 11.8 Å². The standard InChI is InChI=1S/C14H19NO/c1-12-6-5-9-15(10-12)11-14(16)13-7-3-2-4-8-13/h2-4,7-8,12H,5-6,9-11H2,1H3/t12-/m1/s1. The Bertz CT molecular complexity index is 347. The van der Waals surface area contributed by atoms with Crippen molar-refractivity contribution in [1.82, 2.24) is 4.90 Å². The molecule has 0 unspecified atom stereocenters.